The Morgan fingerprint density at radius 1 is 1.20 bits per heavy atom. The maximum Gasteiger partial charge on any atom is 0.303 e. The molecule has 0 radical (unpaired) electrons. The first kappa shape index (κ1) is 23.7. The van der Waals surface area contributed by atoms with Crippen LogP contribution in [0.5, 0.6) is 0 Å². The predicted octanol–water partition coefficient (Wildman–Crippen LogP) is 5.56. The van der Waals surface area contributed by atoms with E-state index in [1.54, 1.807) is 0 Å². The molecule has 0 unspecified atom stereocenters. The molecule has 1 N–H and O–H groups in total. The predicted molar refractivity (Wildman–Crippen MR) is 108 cm³/mol. The van der Waals surface area contributed by atoms with Gasteiger partial charge in [-0.2, -0.15) is 0 Å². The van der Waals surface area contributed by atoms with E-state index in [-0.39, 0.29) is 6.42 Å². The van der Waals surface area contributed by atoms with Crippen molar-refractivity contribution in [2.24, 2.45) is 7.05 Å². The van der Waals surface area contributed by atoms with Crippen LogP contribution in [0.3, 0.4) is 0 Å². The summed E-state index contributed by atoms with van der Waals surface area (Å²) in [4.78, 5) is 15.0. The van der Waals surface area contributed by atoms with E-state index in [9.17, 15) is 4.79 Å². The molecule has 0 atom stereocenters. The fraction of sp³-hybridized carbons (Fsp3) is 0.579. The second-order valence-corrected chi connectivity index (χ2v) is 6.46. The lowest BCUT2D eigenvalue weighted by atomic mass is 10.2. The molecule has 0 spiro atoms. The van der Waals surface area contributed by atoms with E-state index in [1.807, 2.05) is 32.4 Å². The van der Waals surface area contributed by atoms with Gasteiger partial charge in [-0.25, -0.2) is 4.98 Å². The van der Waals surface area contributed by atoms with Gasteiger partial charge < -0.3 is 9.67 Å². The maximum atomic E-state index is 10.5. The number of nitrogens with zero attached hydrogens (tertiary/aromatic N) is 2. The van der Waals surface area contributed by atoms with Crippen LogP contribution >= 0.6 is 23.2 Å². The lowest BCUT2D eigenvalue weighted by Gasteiger charge is -2.00. The number of hydrogen-bond donors (Lipinski definition) is 1. The molecule has 2 aromatic rings. The number of aromatic nitrogens is 2. The topological polar surface area (TPSA) is 55.1 Å². The number of aryl methyl sites for hydroxylation is 3. The fourth-order valence-electron chi connectivity index (χ4n) is 1.98. The molecule has 25 heavy (non-hydrogen) atoms. The fourth-order valence-corrected chi connectivity index (χ4v) is 1.98. The van der Waals surface area contributed by atoms with Crippen LogP contribution in [0.2, 0.25) is 0 Å². The zero-order valence-corrected chi connectivity index (χ0v) is 17.2. The Morgan fingerprint density at radius 3 is 2.24 bits per heavy atom. The Balaban J connectivity index is 0.000000609. The monoisotopic (exact) mass is 388 g/mol. The van der Waals surface area contributed by atoms with Crippen molar-refractivity contribution in [2.45, 2.75) is 52.9 Å². The van der Waals surface area contributed by atoms with Gasteiger partial charge in [-0.05, 0) is 43.9 Å². The number of carboxylic acid groups (broad SMARTS) is 1. The van der Waals surface area contributed by atoms with E-state index in [0.29, 0.717) is 12.8 Å². The van der Waals surface area contributed by atoms with Crippen LogP contribution in [0, 0.1) is 6.92 Å². The van der Waals surface area contributed by atoms with Crippen molar-refractivity contribution in [3.05, 3.63) is 29.6 Å². The SMILES string of the molecule is CCCCl.CCCCl.Cc1ccc2c(c1)nc(CCCC(=O)O)n2C. The van der Waals surface area contributed by atoms with E-state index in [1.165, 1.54) is 5.56 Å². The van der Waals surface area contributed by atoms with Crippen molar-refractivity contribution >= 4 is 40.2 Å². The number of alkyl halides is 2. The highest BCUT2D eigenvalue weighted by Crippen LogP contribution is 2.17. The van der Waals surface area contributed by atoms with Gasteiger partial charge in [0.25, 0.3) is 0 Å². The van der Waals surface area contributed by atoms with Gasteiger partial charge >= 0.3 is 5.97 Å². The lowest BCUT2D eigenvalue weighted by molar-refractivity contribution is -0.137. The number of aliphatic carboxylic acids is 1. The lowest BCUT2D eigenvalue weighted by Crippen LogP contribution is -2.01. The van der Waals surface area contributed by atoms with Crippen molar-refractivity contribution in [1.29, 1.82) is 0 Å². The van der Waals surface area contributed by atoms with Gasteiger partial charge in [0.1, 0.15) is 5.82 Å². The minimum Gasteiger partial charge on any atom is -0.481 e. The molecule has 0 saturated carbocycles. The molecule has 0 aliphatic rings. The highest BCUT2D eigenvalue weighted by molar-refractivity contribution is 6.18. The van der Waals surface area contributed by atoms with E-state index in [0.717, 1.165) is 41.5 Å². The number of imidazole rings is 1. The molecular formula is C19H30Cl2N2O2. The van der Waals surface area contributed by atoms with Crippen LogP contribution in [0.4, 0.5) is 0 Å². The summed E-state index contributed by atoms with van der Waals surface area (Å²) in [5.74, 6) is 1.78. The third-order valence-electron chi connectivity index (χ3n) is 3.30. The molecule has 0 aliphatic carbocycles. The summed E-state index contributed by atoms with van der Waals surface area (Å²) in [6.07, 6.45) is 3.70. The smallest absolute Gasteiger partial charge is 0.303 e. The molecule has 0 amide bonds. The third kappa shape index (κ3) is 9.71. The zero-order valence-electron chi connectivity index (χ0n) is 15.7. The molecule has 142 valence electrons. The second-order valence-electron chi connectivity index (χ2n) is 5.70. The average molecular weight is 389 g/mol. The van der Waals surface area contributed by atoms with Gasteiger partial charge in [-0.15, -0.1) is 23.2 Å². The molecule has 2 rings (SSSR count). The normalized spacial score (nSPS) is 9.84. The van der Waals surface area contributed by atoms with Gasteiger partial charge in [0.05, 0.1) is 11.0 Å². The van der Waals surface area contributed by atoms with E-state index in [4.69, 9.17) is 28.3 Å². The van der Waals surface area contributed by atoms with Gasteiger partial charge in [-0.1, -0.05) is 19.9 Å². The Kier molecular flexibility index (Phi) is 13.3. The summed E-state index contributed by atoms with van der Waals surface area (Å²) >= 11 is 10.4. The molecule has 1 heterocycles. The first-order chi connectivity index (χ1) is 11.9. The number of rotatable bonds is 6. The van der Waals surface area contributed by atoms with Crippen LogP contribution in [0.1, 0.15) is 50.9 Å². The molecule has 0 saturated heterocycles. The molecule has 0 bridgehead atoms. The minimum absolute atomic E-state index is 0.197. The van der Waals surface area contributed by atoms with Crippen molar-refractivity contribution in [1.82, 2.24) is 9.55 Å². The van der Waals surface area contributed by atoms with Crippen LogP contribution in [0.25, 0.3) is 11.0 Å². The Labute approximate surface area is 161 Å². The molecule has 4 nitrogen and oxygen atoms in total. The van der Waals surface area contributed by atoms with Crippen molar-refractivity contribution < 1.29 is 9.90 Å². The van der Waals surface area contributed by atoms with Gasteiger partial charge in [-0.3, -0.25) is 4.79 Å². The zero-order chi connectivity index (χ0) is 19.2. The van der Waals surface area contributed by atoms with Gasteiger partial charge in [0.15, 0.2) is 0 Å². The molecule has 1 aromatic heterocycles. The third-order valence-corrected chi connectivity index (χ3v) is 4.05. The summed E-state index contributed by atoms with van der Waals surface area (Å²) < 4.78 is 2.04. The molecule has 6 heteroatoms. The number of carbonyl (C=O) groups is 1. The van der Waals surface area contributed by atoms with Gasteiger partial charge in [0, 0.05) is 31.6 Å². The number of benzene rings is 1. The molecular weight excluding hydrogens is 359 g/mol. The summed E-state index contributed by atoms with van der Waals surface area (Å²) in [6, 6.07) is 6.17. The minimum atomic E-state index is -0.750. The Hall–Kier alpha value is -1.26. The van der Waals surface area contributed by atoms with Gasteiger partial charge in [0.2, 0.25) is 0 Å². The summed E-state index contributed by atoms with van der Waals surface area (Å²) in [5, 5.41) is 8.61. The molecule has 0 aliphatic heterocycles. The highest BCUT2D eigenvalue weighted by atomic mass is 35.5. The summed E-state index contributed by atoms with van der Waals surface area (Å²) in [7, 11) is 1.97. The first-order valence-electron chi connectivity index (χ1n) is 8.66. The first-order valence-corrected chi connectivity index (χ1v) is 9.73. The number of halogens is 2. The van der Waals surface area contributed by atoms with Crippen molar-refractivity contribution in [3.8, 4) is 0 Å². The summed E-state index contributed by atoms with van der Waals surface area (Å²) in [6.45, 7) is 6.14. The Bertz CT molecular complexity index is 619. The standard InChI is InChI=1S/C13H16N2O2.2C3H7Cl/c1-9-6-7-11-10(8-9)14-12(15(11)2)4-3-5-13(16)17;2*1-2-3-4/h6-8H,3-5H2,1-2H3,(H,16,17);2*2-3H2,1H3. The quantitative estimate of drug-likeness (QED) is 0.658. The Morgan fingerprint density at radius 2 is 1.76 bits per heavy atom. The van der Waals surface area contributed by atoms with Crippen LogP contribution in [-0.4, -0.2) is 32.4 Å². The number of carboxylic acids is 1. The average Bonchev–Trinajstić information content (AvgIpc) is 2.90. The highest BCUT2D eigenvalue weighted by Gasteiger charge is 2.08. The second kappa shape index (κ2) is 14.0. The van der Waals surface area contributed by atoms with Crippen LogP contribution in [-0.2, 0) is 18.3 Å². The van der Waals surface area contributed by atoms with E-state index >= 15 is 0 Å². The summed E-state index contributed by atoms with van der Waals surface area (Å²) in [5.41, 5.74) is 3.27. The maximum absolute atomic E-state index is 10.5. The molecule has 1 aromatic carbocycles. The van der Waals surface area contributed by atoms with E-state index < -0.39 is 5.97 Å². The van der Waals surface area contributed by atoms with Crippen molar-refractivity contribution in [3.63, 3.8) is 0 Å². The van der Waals surface area contributed by atoms with Crippen LogP contribution < -0.4 is 0 Å². The number of hydrogen-bond acceptors (Lipinski definition) is 2. The van der Waals surface area contributed by atoms with Crippen molar-refractivity contribution in [2.75, 3.05) is 11.8 Å². The number of fused-ring (bicyclic) bond motifs is 1. The van der Waals surface area contributed by atoms with E-state index in [2.05, 4.69) is 23.2 Å². The molecule has 0 fully saturated rings. The van der Waals surface area contributed by atoms with Crippen LogP contribution in [0.15, 0.2) is 18.2 Å². The largest absolute Gasteiger partial charge is 0.481 e.